The van der Waals surface area contributed by atoms with E-state index >= 15 is 0 Å². The highest BCUT2D eigenvalue weighted by molar-refractivity contribution is 5.86. The van der Waals surface area contributed by atoms with Crippen molar-refractivity contribution in [2.24, 2.45) is 5.92 Å². The molecular formula is C56H66N8O7. The number of ether oxygens (including phenoxy) is 3. The van der Waals surface area contributed by atoms with Crippen LogP contribution >= 0.6 is 0 Å². The fourth-order valence-corrected chi connectivity index (χ4v) is 10.0. The summed E-state index contributed by atoms with van der Waals surface area (Å²) in [4.78, 5) is 70.5. The van der Waals surface area contributed by atoms with Crippen molar-refractivity contribution in [2.45, 2.75) is 102 Å². The van der Waals surface area contributed by atoms with Gasteiger partial charge in [0.1, 0.15) is 36.6 Å². The number of aromatic amines is 2. The predicted molar refractivity (Wildman–Crippen MR) is 271 cm³/mol. The molecule has 4 aromatic carbocycles. The van der Waals surface area contributed by atoms with Gasteiger partial charge in [-0.1, -0.05) is 125 Å². The Morgan fingerprint density at radius 2 is 1.14 bits per heavy atom. The molecule has 0 bridgehead atoms. The van der Waals surface area contributed by atoms with Crippen molar-refractivity contribution >= 4 is 24.0 Å². The number of carbonyl (C=O) groups is 4. The van der Waals surface area contributed by atoms with Crippen LogP contribution in [0.1, 0.15) is 124 Å². The molecule has 3 fully saturated rings. The van der Waals surface area contributed by atoms with Crippen molar-refractivity contribution in [1.82, 2.24) is 40.4 Å². The number of alkyl carbamates (subject to hydrolysis) is 2. The lowest BCUT2D eigenvalue weighted by atomic mass is 10.0. The lowest BCUT2D eigenvalue weighted by molar-refractivity contribution is -0.135. The van der Waals surface area contributed by atoms with Gasteiger partial charge in [-0.15, -0.1) is 0 Å². The monoisotopic (exact) mass is 963 g/mol. The highest BCUT2D eigenvalue weighted by Gasteiger charge is 2.52. The van der Waals surface area contributed by atoms with Gasteiger partial charge in [-0.05, 0) is 94.9 Å². The minimum atomic E-state index is -0.702. The van der Waals surface area contributed by atoms with Crippen molar-refractivity contribution in [1.29, 1.82) is 0 Å². The number of amides is 4. The fourth-order valence-electron chi connectivity index (χ4n) is 10.0. The van der Waals surface area contributed by atoms with Crippen LogP contribution < -0.4 is 15.4 Å². The lowest BCUT2D eigenvalue weighted by Crippen LogP contribution is -2.51. The Kier molecular flexibility index (Phi) is 16.2. The Morgan fingerprint density at radius 1 is 0.662 bits per heavy atom. The molecule has 4 heterocycles. The molecule has 1 saturated carbocycles. The van der Waals surface area contributed by atoms with Crippen LogP contribution in [0, 0.1) is 5.92 Å². The molecule has 5 unspecified atom stereocenters. The van der Waals surface area contributed by atoms with E-state index in [2.05, 4.69) is 124 Å². The van der Waals surface area contributed by atoms with Gasteiger partial charge < -0.3 is 44.6 Å². The number of hydrogen-bond acceptors (Lipinski definition) is 9. The second-order valence-corrected chi connectivity index (χ2v) is 18.9. The van der Waals surface area contributed by atoms with Gasteiger partial charge in [0.05, 0.1) is 50.1 Å². The molecule has 6 atom stereocenters. The Balaban J connectivity index is 0.00000220. The molecule has 3 aliphatic rings. The minimum absolute atomic E-state index is 0.118. The van der Waals surface area contributed by atoms with Crippen LogP contribution in [-0.4, -0.2) is 93.6 Å². The summed E-state index contributed by atoms with van der Waals surface area (Å²) in [6.07, 6.45) is 6.88. The number of methoxy groups -OCH3 is 2. The third-order valence-corrected chi connectivity index (χ3v) is 13.6. The number of hydrogen-bond donors (Lipinski definition) is 4. The minimum Gasteiger partial charge on any atom is -0.489 e. The molecule has 0 radical (unpaired) electrons. The summed E-state index contributed by atoms with van der Waals surface area (Å²) >= 11 is 0. The number of nitrogens with one attached hydrogen (secondary N) is 4. The number of benzene rings is 4. The summed E-state index contributed by atoms with van der Waals surface area (Å²) in [7, 11) is 2.57. The van der Waals surface area contributed by atoms with Crippen LogP contribution in [0.2, 0.25) is 0 Å². The summed E-state index contributed by atoms with van der Waals surface area (Å²) in [5.41, 5.74) is 8.56. The zero-order valence-electron chi connectivity index (χ0n) is 41.5. The van der Waals surface area contributed by atoms with E-state index < -0.39 is 18.2 Å². The average Bonchev–Trinajstić information content (AvgIpc) is 4.04. The summed E-state index contributed by atoms with van der Waals surface area (Å²) in [6.45, 7) is 9.62. The first-order chi connectivity index (χ1) is 34.5. The summed E-state index contributed by atoms with van der Waals surface area (Å²) in [5.74, 6) is 2.53. The Labute approximate surface area is 416 Å². The van der Waals surface area contributed by atoms with Gasteiger partial charge in [0.2, 0.25) is 11.8 Å². The van der Waals surface area contributed by atoms with Crippen LogP contribution in [0.15, 0.2) is 116 Å². The molecule has 2 saturated heterocycles. The molecular weight excluding hydrogens is 897 g/mol. The maximum atomic E-state index is 13.7. The van der Waals surface area contributed by atoms with Gasteiger partial charge in [-0.2, -0.15) is 0 Å². The third-order valence-electron chi connectivity index (χ3n) is 13.6. The standard InChI is InChI=1S/C53H58N8O7.C3H8/c1-32(2)48(59-53(65)67-4)51(63)61-27-9-13-43(61)50-55-29-41(58-50)35-16-20-37(21-17-35)46-45(47(46)38-22-24-39(25-23-38)68-31-33-10-6-5-7-11-33)36-18-14-34(15-19-36)40-28-54-49(57-40)42-12-8-26-60(42)44(62)30-56-52(64)66-3;1-3-2/h5-7,10-11,14-25,28-29,32,42-43,45-48H,8-9,12-13,26-27,30-31H2,1-4H3,(H,54,57)(H,55,58)(H,56,64)(H,59,65);3H2,1-2H3/t42-,43?,45?,46?,47?,48?;/m0./s1. The number of H-pyrrole nitrogens is 2. The highest BCUT2D eigenvalue weighted by atomic mass is 16.5. The molecule has 372 valence electrons. The summed E-state index contributed by atoms with van der Waals surface area (Å²) in [6, 6.07) is 34.9. The first-order valence-electron chi connectivity index (χ1n) is 24.8. The number of carbonyl (C=O) groups excluding carboxylic acids is 4. The molecule has 4 N–H and O–H groups in total. The molecule has 6 aromatic rings. The number of imidazole rings is 2. The van der Waals surface area contributed by atoms with E-state index in [0.717, 1.165) is 71.2 Å². The van der Waals surface area contributed by atoms with E-state index in [0.29, 0.717) is 19.7 Å². The Morgan fingerprint density at radius 3 is 1.63 bits per heavy atom. The van der Waals surface area contributed by atoms with Crippen molar-refractivity contribution < 1.29 is 33.4 Å². The molecule has 15 nitrogen and oxygen atoms in total. The second kappa shape index (κ2) is 23.0. The Hall–Kier alpha value is -7.42. The van der Waals surface area contributed by atoms with E-state index in [1.54, 1.807) is 4.90 Å². The maximum absolute atomic E-state index is 13.7. The first kappa shape index (κ1) is 50.0. The van der Waals surface area contributed by atoms with E-state index in [1.165, 1.54) is 37.3 Å². The molecule has 15 heteroatoms. The van der Waals surface area contributed by atoms with Crippen molar-refractivity contribution in [3.05, 3.63) is 149 Å². The number of nitrogens with zero attached hydrogens (tertiary/aromatic N) is 4. The smallest absolute Gasteiger partial charge is 0.407 e. The van der Waals surface area contributed by atoms with E-state index in [1.807, 2.05) is 49.3 Å². The Bertz CT molecular complexity index is 2720. The van der Waals surface area contributed by atoms with E-state index in [4.69, 9.17) is 19.4 Å². The van der Waals surface area contributed by atoms with Crippen LogP contribution in [0.25, 0.3) is 22.5 Å². The topological polar surface area (TPSA) is 184 Å². The summed E-state index contributed by atoms with van der Waals surface area (Å²) in [5, 5.41) is 5.21. The zero-order valence-corrected chi connectivity index (χ0v) is 41.5. The van der Waals surface area contributed by atoms with E-state index in [9.17, 15) is 19.2 Å². The van der Waals surface area contributed by atoms with Gasteiger partial charge in [-0.25, -0.2) is 19.6 Å². The molecule has 71 heavy (non-hydrogen) atoms. The SMILES string of the molecule is CCC.COC(=O)NCC(=O)N1CCC[C@H]1c1ncc(-c2ccc(C3C(c4ccc(OCc5ccccc5)cc4)C3c3ccc(-c4cnc(C5CCCN5C(=O)C(NC(=O)OC)C(C)C)[nH]4)cc3)cc2)[nH]1. The van der Waals surface area contributed by atoms with Crippen molar-refractivity contribution in [2.75, 3.05) is 33.9 Å². The normalized spacial score (nSPS) is 19.6. The van der Waals surface area contributed by atoms with Crippen molar-refractivity contribution in [3.8, 4) is 28.3 Å². The van der Waals surface area contributed by atoms with Gasteiger partial charge in [0, 0.05) is 13.1 Å². The predicted octanol–water partition coefficient (Wildman–Crippen LogP) is 10.2. The fraction of sp³-hybridized carbons (Fsp3) is 0.393. The molecule has 2 aliphatic heterocycles. The van der Waals surface area contributed by atoms with Crippen molar-refractivity contribution in [3.63, 3.8) is 0 Å². The van der Waals surface area contributed by atoms with Gasteiger partial charge in [0.25, 0.3) is 0 Å². The molecule has 9 rings (SSSR count). The molecule has 1 aliphatic carbocycles. The van der Waals surface area contributed by atoms with E-state index in [-0.39, 0.29) is 54.1 Å². The lowest BCUT2D eigenvalue weighted by Gasteiger charge is -2.30. The van der Waals surface area contributed by atoms with Crippen LogP contribution in [0.4, 0.5) is 9.59 Å². The maximum Gasteiger partial charge on any atom is 0.407 e. The quantitative estimate of drug-likeness (QED) is 0.0778. The van der Waals surface area contributed by atoms with Gasteiger partial charge in [0.15, 0.2) is 0 Å². The molecule has 2 aromatic heterocycles. The molecule has 0 spiro atoms. The molecule has 4 amide bonds. The third kappa shape index (κ3) is 11.6. The zero-order chi connectivity index (χ0) is 50.0. The van der Waals surface area contributed by atoms with Gasteiger partial charge >= 0.3 is 12.2 Å². The summed E-state index contributed by atoms with van der Waals surface area (Å²) < 4.78 is 15.6. The van der Waals surface area contributed by atoms with Crippen LogP contribution in [0.3, 0.4) is 0 Å². The number of aromatic nitrogens is 4. The first-order valence-corrected chi connectivity index (χ1v) is 24.8. The number of rotatable bonds is 15. The van der Waals surface area contributed by atoms with Crippen LogP contribution in [-0.2, 0) is 25.7 Å². The highest BCUT2D eigenvalue weighted by Crippen LogP contribution is 2.66. The van der Waals surface area contributed by atoms with Gasteiger partial charge in [-0.3, -0.25) is 9.59 Å². The average molecular weight is 963 g/mol. The second-order valence-electron chi connectivity index (χ2n) is 18.9. The number of likely N-dealkylation sites (tertiary alicyclic amines) is 2. The largest absolute Gasteiger partial charge is 0.489 e. The van der Waals surface area contributed by atoms with Crippen LogP contribution in [0.5, 0.6) is 5.75 Å².